The summed E-state index contributed by atoms with van der Waals surface area (Å²) in [6, 6.07) is 17.7. The standard InChI is InChI=1S/C18H16O3/c1-19-16-7-3-13(4-8-16)15-11-18(21-12-15)14-5-9-17(20-2)10-6-14/h3-12H,1-2H3. The molecule has 0 aliphatic rings. The molecule has 0 fully saturated rings. The first kappa shape index (κ1) is 13.3. The molecule has 0 radical (unpaired) electrons. The van der Waals surface area contributed by atoms with Crippen molar-refractivity contribution in [3.63, 3.8) is 0 Å². The van der Waals surface area contributed by atoms with Gasteiger partial charge in [0.15, 0.2) is 0 Å². The van der Waals surface area contributed by atoms with Gasteiger partial charge in [0.05, 0.1) is 20.5 Å². The van der Waals surface area contributed by atoms with Crippen LogP contribution < -0.4 is 9.47 Å². The van der Waals surface area contributed by atoms with Gasteiger partial charge < -0.3 is 13.9 Å². The molecular formula is C18H16O3. The molecule has 0 bridgehead atoms. The van der Waals surface area contributed by atoms with Crippen LogP contribution in [-0.2, 0) is 0 Å². The van der Waals surface area contributed by atoms with E-state index in [0.717, 1.165) is 33.9 Å². The molecule has 3 heteroatoms. The van der Waals surface area contributed by atoms with Gasteiger partial charge in [-0.3, -0.25) is 0 Å². The summed E-state index contributed by atoms with van der Waals surface area (Å²) in [4.78, 5) is 0. The Balaban J connectivity index is 1.87. The lowest BCUT2D eigenvalue weighted by Crippen LogP contribution is -1.82. The van der Waals surface area contributed by atoms with E-state index < -0.39 is 0 Å². The van der Waals surface area contributed by atoms with Crippen molar-refractivity contribution in [1.29, 1.82) is 0 Å². The zero-order valence-electron chi connectivity index (χ0n) is 12.0. The van der Waals surface area contributed by atoms with Crippen LogP contribution in [0.2, 0.25) is 0 Å². The van der Waals surface area contributed by atoms with Crippen molar-refractivity contribution in [3.8, 4) is 33.9 Å². The van der Waals surface area contributed by atoms with Crippen molar-refractivity contribution in [1.82, 2.24) is 0 Å². The molecule has 0 atom stereocenters. The summed E-state index contributed by atoms with van der Waals surface area (Å²) in [7, 11) is 3.32. The van der Waals surface area contributed by atoms with Gasteiger partial charge >= 0.3 is 0 Å². The van der Waals surface area contributed by atoms with Crippen molar-refractivity contribution in [3.05, 3.63) is 60.9 Å². The van der Waals surface area contributed by atoms with E-state index in [0.29, 0.717) is 0 Å². The van der Waals surface area contributed by atoms with Gasteiger partial charge in [-0.15, -0.1) is 0 Å². The molecule has 0 aliphatic heterocycles. The largest absolute Gasteiger partial charge is 0.497 e. The van der Waals surface area contributed by atoms with Crippen LogP contribution in [0.15, 0.2) is 65.3 Å². The maximum atomic E-state index is 5.66. The Labute approximate surface area is 123 Å². The molecule has 106 valence electrons. The van der Waals surface area contributed by atoms with Crippen LogP contribution in [0.5, 0.6) is 11.5 Å². The molecule has 0 saturated carbocycles. The number of benzene rings is 2. The van der Waals surface area contributed by atoms with E-state index in [1.165, 1.54) is 0 Å². The molecule has 3 nitrogen and oxygen atoms in total. The summed E-state index contributed by atoms with van der Waals surface area (Å²) in [6.07, 6.45) is 1.77. The highest BCUT2D eigenvalue weighted by Gasteiger charge is 2.07. The molecule has 0 spiro atoms. The van der Waals surface area contributed by atoms with Crippen molar-refractivity contribution >= 4 is 0 Å². The predicted octanol–water partition coefficient (Wildman–Crippen LogP) is 4.63. The summed E-state index contributed by atoms with van der Waals surface area (Å²) in [5.41, 5.74) is 3.17. The predicted molar refractivity (Wildman–Crippen MR) is 82.7 cm³/mol. The smallest absolute Gasteiger partial charge is 0.134 e. The molecule has 0 saturated heterocycles. The minimum absolute atomic E-state index is 0.834. The SMILES string of the molecule is COc1ccc(-c2coc(-c3ccc(OC)cc3)c2)cc1. The monoisotopic (exact) mass is 280 g/mol. The van der Waals surface area contributed by atoms with E-state index in [4.69, 9.17) is 13.9 Å². The second kappa shape index (κ2) is 5.75. The number of hydrogen-bond donors (Lipinski definition) is 0. The Morgan fingerprint density at radius 1 is 0.667 bits per heavy atom. The van der Waals surface area contributed by atoms with Crippen molar-refractivity contribution in [2.75, 3.05) is 14.2 Å². The van der Waals surface area contributed by atoms with Gasteiger partial charge in [0.2, 0.25) is 0 Å². The maximum Gasteiger partial charge on any atom is 0.134 e. The summed E-state index contributed by atoms with van der Waals surface area (Å²) in [5.74, 6) is 2.52. The van der Waals surface area contributed by atoms with Crippen molar-refractivity contribution in [2.45, 2.75) is 0 Å². The number of furan rings is 1. The number of methoxy groups -OCH3 is 2. The number of ether oxygens (including phenoxy) is 2. The Hall–Kier alpha value is -2.68. The Morgan fingerprint density at radius 3 is 1.71 bits per heavy atom. The molecule has 3 aromatic rings. The lowest BCUT2D eigenvalue weighted by molar-refractivity contribution is 0.414. The van der Waals surface area contributed by atoms with E-state index in [2.05, 4.69) is 0 Å². The van der Waals surface area contributed by atoms with Crippen LogP contribution in [0.25, 0.3) is 22.5 Å². The fourth-order valence-electron chi connectivity index (χ4n) is 2.18. The van der Waals surface area contributed by atoms with Gasteiger partial charge in [-0.05, 0) is 48.0 Å². The lowest BCUT2D eigenvalue weighted by Gasteiger charge is -2.01. The molecule has 2 aromatic carbocycles. The van der Waals surface area contributed by atoms with Gasteiger partial charge in [0.1, 0.15) is 17.3 Å². The van der Waals surface area contributed by atoms with Crippen LogP contribution in [0.1, 0.15) is 0 Å². The maximum absolute atomic E-state index is 5.66. The van der Waals surface area contributed by atoms with E-state index in [9.17, 15) is 0 Å². The zero-order valence-corrected chi connectivity index (χ0v) is 12.0. The molecule has 0 unspecified atom stereocenters. The first-order chi connectivity index (χ1) is 10.3. The van der Waals surface area contributed by atoms with Gasteiger partial charge in [0, 0.05) is 11.1 Å². The average molecular weight is 280 g/mol. The molecule has 1 aromatic heterocycles. The van der Waals surface area contributed by atoms with Crippen LogP contribution in [0.4, 0.5) is 0 Å². The minimum atomic E-state index is 0.834. The van der Waals surface area contributed by atoms with Crippen molar-refractivity contribution < 1.29 is 13.9 Å². The van der Waals surface area contributed by atoms with E-state index in [1.54, 1.807) is 20.5 Å². The van der Waals surface area contributed by atoms with E-state index >= 15 is 0 Å². The third-order valence-electron chi connectivity index (χ3n) is 3.40. The quantitative estimate of drug-likeness (QED) is 0.698. The van der Waals surface area contributed by atoms with E-state index in [-0.39, 0.29) is 0 Å². The highest BCUT2D eigenvalue weighted by molar-refractivity contribution is 5.70. The molecule has 3 rings (SSSR count). The van der Waals surface area contributed by atoms with Crippen LogP contribution in [0, 0.1) is 0 Å². The minimum Gasteiger partial charge on any atom is -0.497 e. The summed E-state index contributed by atoms with van der Waals surface area (Å²) in [6.45, 7) is 0. The Morgan fingerprint density at radius 2 is 1.19 bits per heavy atom. The molecule has 0 aliphatic carbocycles. The molecule has 1 heterocycles. The molecule has 21 heavy (non-hydrogen) atoms. The second-order valence-electron chi connectivity index (χ2n) is 4.66. The highest BCUT2D eigenvalue weighted by Crippen LogP contribution is 2.30. The molecule has 0 N–H and O–H groups in total. The van der Waals surface area contributed by atoms with Gasteiger partial charge in [0.25, 0.3) is 0 Å². The van der Waals surface area contributed by atoms with Crippen molar-refractivity contribution in [2.24, 2.45) is 0 Å². The van der Waals surface area contributed by atoms with E-state index in [1.807, 2.05) is 54.6 Å². The topological polar surface area (TPSA) is 31.6 Å². The molecular weight excluding hydrogens is 264 g/mol. The lowest BCUT2D eigenvalue weighted by atomic mass is 10.1. The third-order valence-corrected chi connectivity index (χ3v) is 3.40. The normalized spacial score (nSPS) is 10.4. The number of hydrogen-bond acceptors (Lipinski definition) is 3. The fourth-order valence-corrected chi connectivity index (χ4v) is 2.18. The first-order valence-electron chi connectivity index (χ1n) is 6.67. The fraction of sp³-hybridized carbons (Fsp3) is 0.111. The Bertz CT molecular complexity index is 647. The van der Waals surface area contributed by atoms with Crippen LogP contribution in [-0.4, -0.2) is 14.2 Å². The van der Waals surface area contributed by atoms with Gasteiger partial charge in [-0.25, -0.2) is 0 Å². The molecule has 0 amide bonds. The number of rotatable bonds is 4. The van der Waals surface area contributed by atoms with Gasteiger partial charge in [-0.1, -0.05) is 12.1 Å². The van der Waals surface area contributed by atoms with Gasteiger partial charge in [-0.2, -0.15) is 0 Å². The summed E-state index contributed by atoms with van der Waals surface area (Å²) in [5, 5.41) is 0. The highest BCUT2D eigenvalue weighted by atomic mass is 16.5. The third kappa shape index (κ3) is 2.77. The van der Waals surface area contributed by atoms with Crippen LogP contribution in [0.3, 0.4) is 0 Å². The Kier molecular flexibility index (Phi) is 3.65. The zero-order chi connectivity index (χ0) is 14.7. The van der Waals surface area contributed by atoms with Crippen LogP contribution >= 0.6 is 0 Å². The summed E-state index contributed by atoms with van der Waals surface area (Å²) < 4.78 is 16.0. The first-order valence-corrected chi connectivity index (χ1v) is 6.67. The summed E-state index contributed by atoms with van der Waals surface area (Å²) >= 11 is 0. The average Bonchev–Trinajstić information content (AvgIpc) is 3.05. The second-order valence-corrected chi connectivity index (χ2v) is 4.66.